The van der Waals surface area contributed by atoms with Crippen molar-refractivity contribution in [3.05, 3.63) is 52.4 Å². The Morgan fingerprint density at radius 3 is 2.62 bits per heavy atom. The van der Waals surface area contributed by atoms with Gasteiger partial charge in [0.15, 0.2) is 5.82 Å². The number of hydrogen-bond donors (Lipinski definition) is 2. The number of anilines is 1. The van der Waals surface area contributed by atoms with Crippen molar-refractivity contribution in [2.24, 2.45) is 12.8 Å². The van der Waals surface area contributed by atoms with Crippen LogP contribution in [0.4, 0.5) is 14.6 Å². The van der Waals surface area contributed by atoms with E-state index in [-0.39, 0.29) is 47.3 Å². The molecule has 3 aromatic rings. The molecular weight excluding hydrogens is 383 g/mol. The molecule has 0 aliphatic rings. The molecule has 1 atom stereocenters. The third-order valence-electron chi connectivity index (χ3n) is 3.98. The lowest BCUT2D eigenvalue weighted by molar-refractivity contribution is 0.586. The van der Waals surface area contributed by atoms with Gasteiger partial charge in [-0.1, -0.05) is 18.2 Å². The highest BCUT2D eigenvalue weighted by Gasteiger charge is 2.22. The summed E-state index contributed by atoms with van der Waals surface area (Å²) >= 11 is 5.98. The van der Waals surface area contributed by atoms with Crippen LogP contribution < -0.4 is 11.1 Å². The Hall–Kier alpha value is -1.96. The van der Waals surface area contributed by atoms with Gasteiger partial charge in [0, 0.05) is 31.6 Å². The largest absolute Gasteiger partial charge is 0.365 e. The third kappa shape index (κ3) is 3.90. The summed E-state index contributed by atoms with van der Waals surface area (Å²) in [4.78, 5) is 8.20. The molecule has 0 fully saturated rings. The van der Waals surface area contributed by atoms with Crippen LogP contribution in [0.15, 0.2) is 24.3 Å². The molecule has 140 valence electrons. The molecule has 0 spiro atoms. The number of halogens is 4. The van der Waals surface area contributed by atoms with Crippen LogP contribution in [0.25, 0.3) is 11.0 Å². The molecule has 0 saturated heterocycles. The lowest BCUT2D eigenvalue weighted by Gasteiger charge is -2.08. The first-order valence-corrected chi connectivity index (χ1v) is 8.19. The van der Waals surface area contributed by atoms with E-state index >= 15 is 0 Å². The molecule has 0 bridgehead atoms. The van der Waals surface area contributed by atoms with E-state index in [0.717, 1.165) is 0 Å². The maximum absolute atomic E-state index is 14.9. The van der Waals surface area contributed by atoms with Crippen LogP contribution in [0.3, 0.4) is 0 Å². The highest BCUT2D eigenvalue weighted by molar-refractivity contribution is 6.28. The van der Waals surface area contributed by atoms with Gasteiger partial charge in [-0.05, 0) is 24.6 Å². The Morgan fingerprint density at radius 1 is 1.27 bits per heavy atom. The predicted octanol–water partition coefficient (Wildman–Crippen LogP) is 3.82. The zero-order valence-electron chi connectivity index (χ0n) is 14.3. The van der Waals surface area contributed by atoms with E-state index in [1.165, 1.54) is 6.07 Å². The fraction of sp³-hybridized carbons (Fsp3) is 0.294. The van der Waals surface area contributed by atoms with Crippen molar-refractivity contribution >= 4 is 40.9 Å². The van der Waals surface area contributed by atoms with Crippen LogP contribution in [0.2, 0.25) is 5.28 Å². The Labute approximate surface area is 161 Å². The second kappa shape index (κ2) is 8.16. The summed E-state index contributed by atoms with van der Waals surface area (Å²) in [6.07, 6.45) is 0.350. The molecule has 1 aromatic carbocycles. The lowest BCUT2D eigenvalue weighted by Crippen LogP contribution is -2.20. The Bertz CT molecular complexity index is 927. The van der Waals surface area contributed by atoms with E-state index in [1.807, 2.05) is 0 Å². The molecule has 2 heterocycles. The van der Waals surface area contributed by atoms with Crippen molar-refractivity contribution < 1.29 is 8.78 Å². The maximum Gasteiger partial charge on any atom is 0.226 e. The van der Waals surface area contributed by atoms with Crippen molar-refractivity contribution in [2.75, 3.05) is 5.32 Å². The maximum atomic E-state index is 14.9. The minimum atomic E-state index is -0.442. The van der Waals surface area contributed by atoms with Gasteiger partial charge in [0.25, 0.3) is 0 Å². The molecule has 0 saturated carbocycles. The number of hydrogen-bond acceptors (Lipinski definition) is 4. The minimum absolute atomic E-state index is 0. The van der Waals surface area contributed by atoms with Crippen LogP contribution in [0.1, 0.15) is 18.2 Å². The zero-order chi connectivity index (χ0) is 18.1. The van der Waals surface area contributed by atoms with Gasteiger partial charge in [-0.15, -0.1) is 12.4 Å². The van der Waals surface area contributed by atoms with E-state index in [4.69, 9.17) is 17.3 Å². The Kier molecular flexibility index (Phi) is 6.39. The van der Waals surface area contributed by atoms with E-state index in [9.17, 15) is 8.78 Å². The number of fused-ring (bicyclic) bond motifs is 1. The molecular formula is C17H19Cl2F2N5. The van der Waals surface area contributed by atoms with Crippen LogP contribution in [-0.4, -0.2) is 20.6 Å². The molecule has 0 aliphatic carbocycles. The average Bonchev–Trinajstić information content (AvgIpc) is 2.78. The monoisotopic (exact) mass is 401 g/mol. The van der Waals surface area contributed by atoms with Gasteiger partial charge in [0.05, 0.1) is 11.1 Å². The van der Waals surface area contributed by atoms with Crippen molar-refractivity contribution in [1.29, 1.82) is 0 Å². The summed E-state index contributed by atoms with van der Waals surface area (Å²) in [7, 11) is 1.70. The first-order valence-electron chi connectivity index (χ1n) is 7.81. The lowest BCUT2D eigenvalue weighted by atomic mass is 10.2. The third-order valence-corrected chi connectivity index (χ3v) is 4.15. The van der Waals surface area contributed by atoms with Crippen LogP contribution in [-0.2, 0) is 20.0 Å². The van der Waals surface area contributed by atoms with Crippen LogP contribution >= 0.6 is 24.0 Å². The van der Waals surface area contributed by atoms with E-state index in [1.54, 1.807) is 36.7 Å². The molecule has 0 amide bonds. The predicted molar refractivity (Wildman–Crippen MR) is 102 cm³/mol. The molecule has 0 radical (unpaired) electrons. The molecule has 2 aromatic heterocycles. The zero-order valence-corrected chi connectivity index (χ0v) is 15.8. The Balaban J connectivity index is 0.00000243. The Morgan fingerprint density at radius 2 is 1.96 bits per heavy atom. The normalized spacial score (nSPS) is 12.1. The second-order valence-electron chi connectivity index (χ2n) is 5.99. The van der Waals surface area contributed by atoms with Crippen molar-refractivity contribution in [3.8, 4) is 0 Å². The molecule has 0 unspecified atom stereocenters. The fourth-order valence-corrected chi connectivity index (χ4v) is 2.93. The molecule has 0 aliphatic heterocycles. The smallest absolute Gasteiger partial charge is 0.226 e. The molecule has 3 N–H and O–H groups in total. The number of aromatic nitrogens is 3. The van der Waals surface area contributed by atoms with Gasteiger partial charge >= 0.3 is 0 Å². The van der Waals surface area contributed by atoms with E-state index in [0.29, 0.717) is 23.3 Å². The van der Waals surface area contributed by atoms with Crippen LogP contribution in [0.5, 0.6) is 0 Å². The number of aryl methyl sites for hydroxylation is 1. The van der Waals surface area contributed by atoms with Crippen molar-refractivity contribution in [3.63, 3.8) is 0 Å². The first-order chi connectivity index (χ1) is 11.9. The van der Waals surface area contributed by atoms with Crippen molar-refractivity contribution in [1.82, 2.24) is 14.5 Å². The summed E-state index contributed by atoms with van der Waals surface area (Å²) in [5, 5.41) is 3.16. The van der Waals surface area contributed by atoms with Gasteiger partial charge in [-0.2, -0.15) is 9.97 Å². The van der Waals surface area contributed by atoms with Gasteiger partial charge in [0.2, 0.25) is 5.28 Å². The quantitative estimate of drug-likeness (QED) is 0.637. The average molecular weight is 402 g/mol. The molecule has 9 heteroatoms. The number of nitrogens with zero attached hydrogens (tertiary/aromatic N) is 3. The summed E-state index contributed by atoms with van der Waals surface area (Å²) < 4.78 is 30.3. The topological polar surface area (TPSA) is 68.8 Å². The van der Waals surface area contributed by atoms with E-state index < -0.39 is 5.82 Å². The summed E-state index contributed by atoms with van der Waals surface area (Å²) in [6.45, 7) is 1.94. The van der Waals surface area contributed by atoms with Gasteiger partial charge in [-0.3, -0.25) is 0 Å². The minimum Gasteiger partial charge on any atom is -0.365 e. The number of nitrogens with two attached hydrogens (primary N) is 1. The molecule has 3 rings (SSSR count). The van der Waals surface area contributed by atoms with Crippen LogP contribution in [0, 0.1) is 11.6 Å². The number of rotatable bonds is 5. The number of nitrogens with one attached hydrogen (secondary N) is 1. The number of benzene rings is 1. The van der Waals surface area contributed by atoms with Gasteiger partial charge in [0.1, 0.15) is 17.3 Å². The molecule has 26 heavy (non-hydrogen) atoms. The van der Waals surface area contributed by atoms with Crippen molar-refractivity contribution in [2.45, 2.75) is 25.9 Å². The highest BCUT2D eigenvalue weighted by Crippen LogP contribution is 2.30. The standard InChI is InChI=1S/C17H18ClF2N5.ClH/c1-9(21)7-12-14(20)13-15(23-17(18)24-16(13)25(12)2)22-8-10-5-3-4-6-11(10)19;/h3-6,9H,7-8,21H2,1-2H3,(H,22,23,24);1H/t9-;/m0./s1. The first kappa shape index (κ1) is 20.4. The summed E-state index contributed by atoms with van der Waals surface area (Å²) in [5.41, 5.74) is 7.04. The van der Waals surface area contributed by atoms with E-state index in [2.05, 4.69) is 15.3 Å². The highest BCUT2D eigenvalue weighted by atomic mass is 35.5. The second-order valence-corrected chi connectivity index (χ2v) is 6.32. The van der Waals surface area contributed by atoms with Gasteiger partial charge < -0.3 is 15.6 Å². The fourth-order valence-electron chi connectivity index (χ4n) is 2.77. The van der Waals surface area contributed by atoms with Gasteiger partial charge in [-0.25, -0.2) is 8.78 Å². The summed E-state index contributed by atoms with van der Waals surface area (Å²) in [5.74, 6) is -0.567. The molecule has 5 nitrogen and oxygen atoms in total. The summed E-state index contributed by atoms with van der Waals surface area (Å²) in [6, 6.07) is 6.13. The SMILES string of the molecule is C[C@H](N)Cc1c(F)c2c(NCc3ccccc3F)nc(Cl)nc2n1C.Cl.